The summed E-state index contributed by atoms with van der Waals surface area (Å²) < 4.78 is 40.5. The van der Waals surface area contributed by atoms with Gasteiger partial charge in [-0.3, -0.25) is 13.9 Å². The summed E-state index contributed by atoms with van der Waals surface area (Å²) in [4.78, 5) is 27.0. The molecule has 0 saturated carbocycles. The van der Waals surface area contributed by atoms with Crippen molar-refractivity contribution in [2.75, 3.05) is 23.7 Å². The van der Waals surface area contributed by atoms with Gasteiger partial charge < -0.3 is 10.2 Å². The third-order valence-corrected chi connectivity index (χ3v) is 6.26. The molecule has 0 bridgehead atoms. The first kappa shape index (κ1) is 25.3. The molecule has 1 N–H and O–H groups in total. The highest BCUT2D eigenvalue weighted by Crippen LogP contribution is 2.24. The van der Waals surface area contributed by atoms with E-state index in [1.54, 1.807) is 32.0 Å². The Balaban J connectivity index is 2.45. The standard InChI is InChI=1S/C23H30FN3O4S/c1-6-25-23(29)18(4)26(14-19-9-7-8-10-20(19)24)22(28)15-27(32(5,30)31)21-13-16(2)11-12-17(21)3/h7-13,18H,6,14-15H2,1-5H3,(H,25,29). The third kappa shape index (κ3) is 6.29. The van der Waals surface area contributed by atoms with Gasteiger partial charge in [-0.05, 0) is 51.0 Å². The molecule has 0 aliphatic heterocycles. The summed E-state index contributed by atoms with van der Waals surface area (Å²) in [6, 6.07) is 10.4. The van der Waals surface area contributed by atoms with Crippen molar-refractivity contribution >= 4 is 27.5 Å². The number of carbonyl (C=O) groups is 2. The van der Waals surface area contributed by atoms with Gasteiger partial charge in [-0.25, -0.2) is 12.8 Å². The fourth-order valence-electron chi connectivity index (χ4n) is 3.30. The minimum absolute atomic E-state index is 0.172. The summed E-state index contributed by atoms with van der Waals surface area (Å²) in [5.74, 6) is -1.53. The van der Waals surface area contributed by atoms with Gasteiger partial charge in [0.2, 0.25) is 21.8 Å². The molecule has 0 spiro atoms. The van der Waals surface area contributed by atoms with E-state index in [4.69, 9.17) is 0 Å². The molecule has 0 saturated heterocycles. The van der Waals surface area contributed by atoms with Crippen molar-refractivity contribution in [1.29, 1.82) is 0 Å². The van der Waals surface area contributed by atoms with E-state index >= 15 is 0 Å². The predicted octanol–water partition coefficient (Wildman–Crippen LogP) is 2.76. The molecule has 0 aromatic heterocycles. The zero-order valence-electron chi connectivity index (χ0n) is 19.1. The van der Waals surface area contributed by atoms with Crippen LogP contribution in [0.2, 0.25) is 0 Å². The van der Waals surface area contributed by atoms with E-state index in [2.05, 4.69) is 5.32 Å². The maximum atomic E-state index is 14.3. The Morgan fingerprint density at radius 2 is 1.78 bits per heavy atom. The molecule has 2 aromatic rings. The minimum Gasteiger partial charge on any atom is -0.355 e. The summed E-state index contributed by atoms with van der Waals surface area (Å²) >= 11 is 0. The SMILES string of the molecule is CCNC(=O)C(C)N(Cc1ccccc1F)C(=O)CN(c1cc(C)ccc1C)S(C)(=O)=O. The van der Waals surface area contributed by atoms with Gasteiger partial charge in [0.15, 0.2) is 0 Å². The number of aryl methyl sites for hydroxylation is 2. The molecule has 0 aliphatic rings. The molecule has 9 heteroatoms. The van der Waals surface area contributed by atoms with Crippen LogP contribution in [-0.4, -0.2) is 50.5 Å². The summed E-state index contributed by atoms with van der Waals surface area (Å²) in [5.41, 5.74) is 2.14. The molecule has 0 fully saturated rings. The monoisotopic (exact) mass is 463 g/mol. The van der Waals surface area contributed by atoms with Crippen LogP contribution in [0, 0.1) is 19.7 Å². The summed E-state index contributed by atoms with van der Waals surface area (Å²) in [6.07, 6.45) is 1.02. The molecular formula is C23H30FN3O4S. The van der Waals surface area contributed by atoms with Crippen molar-refractivity contribution in [3.05, 3.63) is 65.0 Å². The second-order valence-corrected chi connectivity index (χ2v) is 9.65. The smallest absolute Gasteiger partial charge is 0.244 e. The van der Waals surface area contributed by atoms with Crippen LogP contribution >= 0.6 is 0 Å². The van der Waals surface area contributed by atoms with Gasteiger partial charge in [-0.2, -0.15) is 0 Å². The Morgan fingerprint density at radius 3 is 2.38 bits per heavy atom. The highest BCUT2D eigenvalue weighted by molar-refractivity contribution is 7.92. The van der Waals surface area contributed by atoms with Crippen LogP contribution in [0.5, 0.6) is 0 Å². The number of sulfonamides is 1. The maximum absolute atomic E-state index is 14.3. The fourth-order valence-corrected chi connectivity index (χ4v) is 4.20. The first-order chi connectivity index (χ1) is 15.0. The lowest BCUT2D eigenvalue weighted by Gasteiger charge is -2.32. The maximum Gasteiger partial charge on any atom is 0.244 e. The number of amides is 2. The number of anilines is 1. The molecule has 0 aliphatic carbocycles. The van der Waals surface area contributed by atoms with Crippen molar-refractivity contribution < 1.29 is 22.4 Å². The number of nitrogens with one attached hydrogen (secondary N) is 1. The Morgan fingerprint density at radius 1 is 1.12 bits per heavy atom. The molecule has 1 atom stereocenters. The largest absolute Gasteiger partial charge is 0.355 e. The summed E-state index contributed by atoms with van der Waals surface area (Å²) in [6.45, 7) is 6.54. The highest BCUT2D eigenvalue weighted by Gasteiger charge is 2.30. The minimum atomic E-state index is -3.81. The van der Waals surface area contributed by atoms with Crippen molar-refractivity contribution in [3.63, 3.8) is 0 Å². The third-order valence-electron chi connectivity index (χ3n) is 5.13. The number of hydrogen-bond donors (Lipinski definition) is 1. The number of halogens is 1. The number of benzene rings is 2. The molecule has 2 aromatic carbocycles. The van der Waals surface area contributed by atoms with E-state index in [-0.39, 0.29) is 12.1 Å². The van der Waals surface area contributed by atoms with Crippen molar-refractivity contribution in [3.8, 4) is 0 Å². The van der Waals surface area contributed by atoms with Gasteiger partial charge in [0, 0.05) is 18.7 Å². The van der Waals surface area contributed by atoms with Crippen molar-refractivity contribution in [1.82, 2.24) is 10.2 Å². The number of hydrogen-bond acceptors (Lipinski definition) is 4. The first-order valence-electron chi connectivity index (χ1n) is 10.3. The Bertz CT molecular complexity index is 1090. The normalized spacial score (nSPS) is 12.2. The molecular weight excluding hydrogens is 433 g/mol. The highest BCUT2D eigenvalue weighted by atomic mass is 32.2. The number of likely N-dealkylation sites (N-methyl/N-ethyl adjacent to an activating group) is 1. The molecule has 0 heterocycles. The second-order valence-electron chi connectivity index (χ2n) is 7.74. The van der Waals surface area contributed by atoms with Crippen LogP contribution in [0.15, 0.2) is 42.5 Å². The van der Waals surface area contributed by atoms with E-state index in [0.717, 1.165) is 16.1 Å². The topological polar surface area (TPSA) is 86.8 Å². The zero-order chi connectivity index (χ0) is 24.1. The number of rotatable bonds is 9. The molecule has 32 heavy (non-hydrogen) atoms. The molecule has 7 nitrogen and oxygen atoms in total. The fraction of sp³-hybridized carbons (Fsp3) is 0.391. The van der Waals surface area contributed by atoms with Gasteiger partial charge in [0.25, 0.3) is 0 Å². The molecule has 2 amide bonds. The van der Waals surface area contributed by atoms with E-state index in [1.807, 2.05) is 13.0 Å². The van der Waals surface area contributed by atoms with E-state index in [9.17, 15) is 22.4 Å². The average molecular weight is 464 g/mol. The van der Waals surface area contributed by atoms with E-state index < -0.39 is 40.2 Å². The summed E-state index contributed by atoms with van der Waals surface area (Å²) in [7, 11) is -3.81. The predicted molar refractivity (Wildman–Crippen MR) is 123 cm³/mol. The summed E-state index contributed by atoms with van der Waals surface area (Å²) in [5, 5.41) is 2.65. The van der Waals surface area contributed by atoms with E-state index in [1.165, 1.54) is 30.0 Å². The van der Waals surface area contributed by atoms with Gasteiger partial charge >= 0.3 is 0 Å². The van der Waals surface area contributed by atoms with Crippen LogP contribution in [-0.2, 0) is 26.2 Å². The first-order valence-corrected chi connectivity index (χ1v) is 12.2. The van der Waals surface area contributed by atoms with Gasteiger partial charge in [0.05, 0.1) is 11.9 Å². The Labute approximate surface area is 189 Å². The van der Waals surface area contributed by atoms with Crippen LogP contribution in [0.25, 0.3) is 0 Å². The molecule has 0 radical (unpaired) electrons. The Kier molecular flexibility index (Phi) is 8.38. The van der Waals surface area contributed by atoms with Gasteiger partial charge in [0.1, 0.15) is 18.4 Å². The van der Waals surface area contributed by atoms with Crippen molar-refractivity contribution in [2.24, 2.45) is 0 Å². The number of nitrogens with zero attached hydrogens (tertiary/aromatic N) is 2. The van der Waals surface area contributed by atoms with Crippen LogP contribution in [0.3, 0.4) is 0 Å². The lowest BCUT2D eigenvalue weighted by Crippen LogP contribution is -2.51. The second kappa shape index (κ2) is 10.6. The van der Waals surface area contributed by atoms with E-state index in [0.29, 0.717) is 17.8 Å². The van der Waals surface area contributed by atoms with Gasteiger partial charge in [-0.15, -0.1) is 0 Å². The molecule has 2 rings (SSSR count). The zero-order valence-corrected chi connectivity index (χ0v) is 19.9. The lowest BCUT2D eigenvalue weighted by atomic mass is 10.1. The molecule has 174 valence electrons. The quantitative estimate of drug-likeness (QED) is 0.620. The Hall–Kier alpha value is -2.94. The van der Waals surface area contributed by atoms with Crippen molar-refractivity contribution in [2.45, 2.75) is 40.3 Å². The van der Waals surface area contributed by atoms with Crippen LogP contribution in [0.4, 0.5) is 10.1 Å². The van der Waals surface area contributed by atoms with Crippen LogP contribution in [0.1, 0.15) is 30.5 Å². The number of carbonyl (C=O) groups excluding carboxylic acids is 2. The van der Waals surface area contributed by atoms with Gasteiger partial charge in [-0.1, -0.05) is 30.3 Å². The average Bonchev–Trinajstić information content (AvgIpc) is 2.72. The van der Waals surface area contributed by atoms with Crippen LogP contribution < -0.4 is 9.62 Å². The molecule has 1 unspecified atom stereocenters. The lowest BCUT2D eigenvalue weighted by molar-refractivity contribution is -0.139.